The van der Waals surface area contributed by atoms with Crippen molar-refractivity contribution >= 4 is 69.6 Å². The Morgan fingerprint density at radius 1 is 0.909 bits per heavy atom. The van der Waals surface area contributed by atoms with E-state index in [9.17, 15) is 0 Å². The minimum Gasteiger partial charge on any atom is -0.497 e. The van der Waals surface area contributed by atoms with Crippen LogP contribution in [0.2, 0.25) is 0 Å². The van der Waals surface area contributed by atoms with E-state index in [1.54, 1.807) is 31.4 Å². The molecular formula is C12H9Cl6N3O. The fraction of sp³-hybridized carbons (Fsp3) is 0.250. The van der Waals surface area contributed by atoms with Crippen molar-refractivity contribution in [3.8, 4) is 5.75 Å². The normalized spacial score (nSPS) is 11.4. The molecule has 1 aromatic carbocycles. The molecule has 0 radical (unpaired) electrons. The molecule has 0 N–H and O–H groups in total. The average molecular weight is 424 g/mol. The van der Waals surface area contributed by atoms with Gasteiger partial charge in [-0.05, 0) is 12.1 Å². The maximum absolute atomic E-state index is 5.66. The van der Waals surface area contributed by atoms with Gasteiger partial charge in [-0.1, -0.05) is 81.7 Å². The van der Waals surface area contributed by atoms with E-state index >= 15 is 0 Å². The first-order chi connectivity index (χ1) is 10.1. The summed E-state index contributed by atoms with van der Waals surface area (Å²) in [5.41, 5.74) is 0.604. The van der Waals surface area contributed by atoms with Gasteiger partial charge in [0.25, 0.3) is 0 Å². The van der Waals surface area contributed by atoms with Crippen LogP contribution in [0.5, 0.6) is 5.75 Å². The van der Waals surface area contributed by atoms with Crippen LogP contribution in [0, 0.1) is 0 Å². The number of ether oxygens (including phenoxy) is 1. The Morgan fingerprint density at radius 2 is 1.50 bits per heavy atom. The Kier molecular flexibility index (Phi) is 7.72. The largest absolute Gasteiger partial charge is 0.497 e. The second-order valence-electron chi connectivity index (χ2n) is 3.69. The molecule has 2 aromatic rings. The molecule has 1 aromatic heterocycles. The van der Waals surface area contributed by atoms with E-state index in [1.165, 1.54) is 12.7 Å². The summed E-state index contributed by atoms with van der Waals surface area (Å²) < 4.78 is 2.04. The van der Waals surface area contributed by atoms with E-state index in [0.717, 1.165) is 0 Å². The highest BCUT2D eigenvalue weighted by Crippen LogP contribution is 2.39. The first-order valence-electron chi connectivity index (χ1n) is 5.55. The zero-order chi connectivity index (χ0) is 16.8. The molecule has 0 unspecified atom stereocenters. The maximum atomic E-state index is 5.66. The SMILES string of the molecule is COc1cccc(C(Cl)(Cl)Cl)c1.ClC(Cl)(Cl)c1ncncn1. The lowest BCUT2D eigenvalue weighted by Crippen LogP contribution is -2.06. The average Bonchev–Trinajstić information content (AvgIpc) is 2.47. The van der Waals surface area contributed by atoms with Crippen molar-refractivity contribution in [3.63, 3.8) is 0 Å². The van der Waals surface area contributed by atoms with E-state index in [4.69, 9.17) is 74.3 Å². The molecular weight excluding hydrogens is 415 g/mol. The molecule has 4 nitrogen and oxygen atoms in total. The van der Waals surface area contributed by atoms with Gasteiger partial charge in [0.2, 0.25) is 7.59 Å². The van der Waals surface area contributed by atoms with E-state index in [2.05, 4.69) is 15.0 Å². The third kappa shape index (κ3) is 6.90. The van der Waals surface area contributed by atoms with E-state index in [0.29, 0.717) is 11.3 Å². The summed E-state index contributed by atoms with van der Waals surface area (Å²) in [6.45, 7) is 0. The van der Waals surface area contributed by atoms with Crippen molar-refractivity contribution in [2.45, 2.75) is 7.59 Å². The number of alkyl halides is 6. The summed E-state index contributed by atoms with van der Waals surface area (Å²) in [5, 5.41) is 0. The standard InChI is InChI=1S/C8H7Cl3O.C4H2Cl3N3/c1-12-7-4-2-3-6(5-7)8(9,10)11;5-4(6,7)3-9-1-8-2-10-3/h2-5H,1H3;1-2H. The molecule has 22 heavy (non-hydrogen) atoms. The molecule has 0 fully saturated rings. The molecule has 0 saturated heterocycles. The van der Waals surface area contributed by atoms with Crippen molar-refractivity contribution in [1.29, 1.82) is 0 Å². The fourth-order valence-corrected chi connectivity index (χ4v) is 1.83. The first-order valence-corrected chi connectivity index (χ1v) is 7.82. The Morgan fingerprint density at radius 3 is 1.91 bits per heavy atom. The lowest BCUT2D eigenvalue weighted by Gasteiger charge is -2.11. The molecule has 0 aliphatic heterocycles. The first kappa shape index (κ1) is 19.8. The number of hydrogen-bond acceptors (Lipinski definition) is 4. The minimum absolute atomic E-state index is 0.132. The van der Waals surface area contributed by atoms with Crippen molar-refractivity contribution in [1.82, 2.24) is 15.0 Å². The third-order valence-corrected chi connectivity index (χ3v) is 3.31. The maximum Gasteiger partial charge on any atom is 0.250 e. The minimum atomic E-state index is -1.55. The van der Waals surface area contributed by atoms with Crippen LogP contribution in [-0.4, -0.2) is 22.1 Å². The number of halogens is 6. The molecule has 10 heteroatoms. The topological polar surface area (TPSA) is 47.9 Å². The van der Waals surface area contributed by atoms with Crippen molar-refractivity contribution in [3.05, 3.63) is 48.3 Å². The number of benzene rings is 1. The molecule has 0 aliphatic rings. The number of aromatic nitrogens is 3. The Labute approximate surface area is 157 Å². The molecule has 0 aliphatic carbocycles. The van der Waals surface area contributed by atoms with E-state index in [1.807, 2.05) is 0 Å². The monoisotopic (exact) mass is 421 g/mol. The highest BCUT2D eigenvalue weighted by molar-refractivity contribution is 6.67. The Balaban J connectivity index is 0.000000224. The van der Waals surface area contributed by atoms with Gasteiger partial charge in [-0.2, -0.15) is 0 Å². The predicted octanol–water partition coefficient (Wildman–Crippen LogP) is 5.22. The second kappa shape index (κ2) is 8.57. The molecule has 1 heterocycles. The van der Waals surface area contributed by atoms with Gasteiger partial charge in [0.15, 0.2) is 5.82 Å². The molecule has 0 atom stereocenters. The van der Waals surface area contributed by atoms with Crippen LogP contribution in [0.4, 0.5) is 0 Å². The summed E-state index contributed by atoms with van der Waals surface area (Å²) in [6, 6.07) is 6.98. The molecule has 2 rings (SSSR count). The summed E-state index contributed by atoms with van der Waals surface area (Å²) in [4.78, 5) is 10.8. The van der Waals surface area contributed by atoms with Gasteiger partial charge >= 0.3 is 0 Å². The number of methoxy groups -OCH3 is 1. The van der Waals surface area contributed by atoms with Gasteiger partial charge < -0.3 is 4.74 Å². The lowest BCUT2D eigenvalue weighted by atomic mass is 10.2. The van der Waals surface area contributed by atoms with Crippen LogP contribution in [0.15, 0.2) is 36.9 Å². The zero-order valence-electron chi connectivity index (χ0n) is 11.0. The summed E-state index contributed by atoms with van der Waals surface area (Å²) in [7, 11) is 1.57. The zero-order valence-corrected chi connectivity index (χ0v) is 15.5. The summed E-state index contributed by atoms with van der Waals surface area (Å²) in [5.74, 6) is 0.811. The Bertz CT molecular complexity index is 585. The van der Waals surface area contributed by atoms with E-state index < -0.39 is 7.59 Å². The van der Waals surface area contributed by atoms with Crippen LogP contribution in [-0.2, 0) is 7.59 Å². The smallest absolute Gasteiger partial charge is 0.250 e. The molecule has 0 spiro atoms. The lowest BCUT2D eigenvalue weighted by molar-refractivity contribution is 0.414. The second-order valence-corrected chi connectivity index (χ2v) is 8.25. The predicted molar refractivity (Wildman–Crippen MR) is 91.3 cm³/mol. The molecule has 0 saturated carbocycles. The highest BCUT2D eigenvalue weighted by Gasteiger charge is 2.25. The van der Waals surface area contributed by atoms with Gasteiger partial charge in [-0.15, -0.1) is 0 Å². The summed E-state index contributed by atoms with van der Waals surface area (Å²) in [6.07, 6.45) is 2.54. The van der Waals surface area contributed by atoms with Crippen LogP contribution in [0.1, 0.15) is 11.4 Å². The molecule has 0 amide bonds. The van der Waals surface area contributed by atoms with Gasteiger partial charge in [-0.3, -0.25) is 0 Å². The van der Waals surface area contributed by atoms with Crippen molar-refractivity contribution < 1.29 is 4.74 Å². The van der Waals surface area contributed by atoms with Gasteiger partial charge in [0.1, 0.15) is 18.4 Å². The highest BCUT2D eigenvalue weighted by atomic mass is 35.6. The van der Waals surface area contributed by atoms with Gasteiger partial charge in [-0.25, -0.2) is 15.0 Å². The van der Waals surface area contributed by atoms with Gasteiger partial charge in [0, 0.05) is 5.56 Å². The van der Waals surface area contributed by atoms with Crippen LogP contribution in [0.3, 0.4) is 0 Å². The molecule has 0 bridgehead atoms. The quantitative estimate of drug-likeness (QED) is 0.590. The fourth-order valence-electron chi connectivity index (χ4n) is 1.18. The third-order valence-electron chi connectivity index (χ3n) is 2.14. The van der Waals surface area contributed by atoms with E-state index in [-0.39, 0.29) is 5.82 Å². The summed E-state index contributed by atoms with van der Waals surface area (Å²) >= 11 is 33.3. The van der Waals surface area contributed by atoms with Crippen LogP contribution < -0.4 is 4.74 Å². The van der Waals surface area contributed by atoms with Crippen molar-refractivity contribution in [2.24, 2.45) is 0 Å². The van der Waals surface area contributed by atoms with Gasteiger partial charge in [0.05, 0.1) is 7.11 Å². The molecule has 120 valence electrons. The number of rotatable bonds is 1. The number of nitrogens with zero attached hydrogens (tertiary/aromatic N) is 3. The number of hydrogen-bond donors (Lipinski definition) is 0. The Hall–Kier alpha value is -0.230. The van der Waals surface area contributed by atoms with Crippen LogP contribution >= 0.6 is 69.6 Å². The van der Waals surface area contributed by atoms with Crippen molar-refractivity contribution in [2.75, 3.05) is 7.11 Å². The van der Waals surface area contributed by atoms with Crippen LogP contribution in [0.25, 0.3) is 0 Å².